The SMILES string of the molecule is COc1ccc2[nH]cc(CCN3CC(S)CC3=O)c2c1. The zero-order chi connectivity index (χ0) is 14.1. The molecule has 1 aliphatic heterocycles. The van der Waals surface area contributed by atoms with E-state index in [1.807, 2.05) is 29.3 Å². The highest BCUT2D eigenvalue weighted by atomic mass is 32.1. The second-order valence-corrected chi connectivity index (χ2v) is 5.90. The maximum absolute atomic E-state index is 11.8. The number of carbonyl (C=O) groups excluding carboxylic acids is 1. The van der Waals surface area contributed by atoms with Gasteiger partial charge in [0.25, 0.3) is 0 Å². The van der Waals surface area contributed by atoms with Gasteiger partial charge in [0.05, 0.1) is 7.11 Å². The lowest BCUT2D eigenvalue weighted by molar-refractivity contribution is -0.127. The van der Waals surface area contributed by atoms with Crippen molar-refractivity contribution in [3.05, 3.63) is 30.0 Å². The van der Waals surface area contributed by atoms with E-state index in [0.717, 1.165) is 30.8 Å². The van der Waals surface area contributed by atoms with Crippen LogP contribution in [0.1, 0.15) is 12.0 Å². The molecule has 1 atom stereocenters. The van der Waals surface area contributed by atoms with Gasteiger partial charge in [-0.3, -0.25) is 4.79 Å². The molecule has 4 nitrogen and oxygen atoms in total. The van der Waals surface area contributed by atoms with Gasteiger partial charge in [-0.25, -0.2) is 0 Å². The van der Waals surface area contributed by atoms with Gasteiger partial charge in [0.1, 0.15) is 5.75 Å². The molecule has 1 aromatic carbocycles. The fourth-order valence-corrected chi connectivity index (χ4v) is 3.07. The topological polar surface area (TPSA) is 45.3 Å². The number of methoxy groups -OCH3 is 1. The Labute approximate surface area is 123 Å². The third-order valence-electron chi connectivity index (χ3n) is 3.82. The average molecular weight is 290 g/mol. The molecule has 5 heteroatoms. The molecule has 2 heterocycles. The molecular weight excluding hydrogens is 272 g/mol. The molecular formula is C15H18N2O2S. The Morgan fingerprint density at radius 3 is 3.05 bits per heavy atom. The van der Waals surface area contributed by atoms with Crippen LogP contribution in [0.4, 0.5) is 0 Å². The molecule has 1 aromatic heterocycles. The number of amides is 1. The Kier molecular flexibility index (Phi) is 3.61. The maximum atomic E-state index is 11.8. The van der Waals surface area contributed by atoms with Crippen molar-refractivity contribution >= 4 is 29.4 Å². The van der Waals surface area contributed by atoms with Gasteiger partial charge in [0.15, 0.2) is 0 Å². The number of hydrogen-bond acceptors (Lipinski definition) is 3. The minimum atomic E-state index is 0.186. The average Bonchev–Trinajstić information content (AvgIpc) is 2.98. The number of carbonyl (C=O) groups is 1. The van der Waals surface area contributed by atoms with E-state index in [1.165, 1.54) is 10.9 Å². The summed E-state index contributed by atoms with van der Waals surface area (Å²) in [6, 6.07) is 5.99. The first-order valence-corrected chi connectivity index (χ1v) is 7.29. The molecule has 1 N–H and O–H groups in total. The number of rotatable bonds is 4. The minimum absolute atomic E-state index is 0.186. The first kappa shape index (κ1) is 13.4. The van der Waals surface area contributed by atoms with Crippen LogP contribution >= 0.6 is 12.6 Å². The highest BCUT2D eigenvalue weighted by Crippen LogP contribution is 2.24. The Bertz CT molecular complexity index is 638. The standard InChI is InChI=1S/C15H18N2O2S/c1-19-11-2-3-14-13(6-11)10(8-16-14)4-5-17-9-12(20)7-15(17)18/h2-3,6,8,12,16,20H,4-5,7,9H2,1H3. The summed E-state index contributed by atoms with van der Waals surface area (Å²) in [5, 5.41) is 1.35. The Morgan fingerprint density at radius 2 is 2.35 bits per heavy atom. The van der Waals surface area contributed by atoms with Crippen LogP contribution in [0.15, 0.2) is 24.4 Å². The zero-order valence-corrected chi connectivity index (χ0v) is 12.3. The molecule has 0 saturated carbocycles. The second-order valence-electron chi connectivity index (χ2n) is 5.17. The quantitative estimate of drug-likeness (QED) is 0.848. The van der Waals surface area contributed by atoms with Crippen molar-refractivity contribution < 1.29 is 9.53 Å². The summed E-state index contributed by atoms with van der Waals surface area (Å²) < 4.78 is 5.27. The summed E-state index contributed by atoms with van der Waals surface area (Å²) in [5.74, 6) is 1.06. The van der Waals surface area contributed by atoms with Gasteiger partial charge >= 0.3 is 0 Å². The van der Waals surface area contributed by atoms with Crippen molar-refractivity contribution in [1.29, 1.82) is 0 Å². The number of hydrogen-bond donors (Lipinski definition) is 2. The van der Waals surface area contributed by atoms with E-state index in [0.29, 0.717) is 6.42 Å². The first-order valence-electron chi connectivity index (χ1n) is 6.77. The highest BCUT2D eigenvalue weighted by molar-refractivity contribution is 7.81. The zero-order valence-electron chi connectivity index (χ0n) is 11.4. The van der Waals surface area contributed by atoms with E-state index < -0.39 is 0 Å². The summed E-state index contributed by atoms with van der Waals surface area (Å²) in [7, 11) is 1.67. The van der Waals surface area contributed by atoms with Gasteiger partial charge in [-0.1, -0.05) is 0 Å². The normalized spacial score (nSPS) is 19.0. The molecule has 1 amide bonds. The van der Waals surface area contributed by atoms with Crippen molar-refractivity contribution in [2.24, 2.45) is 0 Å². The number of ether oxygens (including phenoxy) is 1. The summed E-state index contributed by atoms with van der Waals surface area (Å²) in [6.07, 6.45) is 3.42. The lowest BCUT2D eigenvalue weighted by atomic mass is 10.1. The number of likely N-dealkylation sites (tertiary alicyclic amines) is 1. The summed E-state index contributed by atoms with van der Waals surface area (Å²) in [5.41, 5.74) is 2.31. The highest BCUT2D eigenvalue weighted by Gasteiger charge is 2.26. The third kappa shape index (κ3) is 2.50. The van der Waals surface area contributed by atoms with Crippen molar-refractivity contribution in [1.82, 2.24) is 9.88 Å². The predicted octanol–water partition coefficient (Wildman–Crippen LogP) is 2.25. The molecule has 20 heavy (non-hydrogen) atoms. The lowest BCUT2D eigenvalue weighted by Crippen LogP contribution is -2.27. The molecule has 1 unspecified atom stereocenters. The number of fused-ring (bicyclic) bond motifs is 1. The van der Waals surface area contributed by atoms with Crippen molar-refractivity contribution in [2.45, 2.75) is 18.1 Å². The van der Waals surface area contributed by atoms with E-state index in [-0.39, 0.29) is 11.2 Å². The Hall–Kier alpha value is -1.62. The summed E-state index contributed by atoms with van der Waals surface area (Å²) in [4.78, 5) is 16.9. The van der Waals surface area contributed by atoms with Crippen LogP contribution in [0.25, 0.3) is 10.9 Å². The molecule has 0 spiro atoms. The molecule has 3 rings (SSSR count). The summed E-state index contributed by atoms with van der Waals surface area (Å²) >= 11 is 4.38. The van der Waals surface area contributed by atoms with Crippen LogP contribution in [0.2, 0.25) is 0 Å². The van der Waals surface area contributed by atoms with Gasteiger partial charge < -0.3 is 14.6 Å². The number of aromatic nitrogens is 1. The Morgan fingerprint density at radius 1 is 1.50 bits per heavy atom. The van der Waals surface area contributed by atoms with E-state index in [2.05, 4.69) is 17.6 Å². The molecule has 1 fully saturated rings. The van der Waals surface area contributed by atoms with E-state index in [4.69, 9.17) is 4.74 Å². The van der Waals surface area contributed by atoms with Gasteiger partial charge in [0, 0.05) is 41.9 Å². The van der Waals surface area contributed by atoms with E-state index in [1.54, 1.807) is 7.11 Å². The minimum Gasteiger partial charge on any atom is -0.497 e. The van der Waals surface area contributed by atoms with Crippen LogP contribution in [-0.2, 0) is 11.2 Å². The molecule has 0 aliphatic carbocycles. The van der Waals surface area contributed by atoms with Gasteiger partial charge in [0.2, 0.25) is 5.91 Å². The fraction of sp³-hybridized carbons (Fsp3) is 0.400. The van der Waals surface area contributed by atoms with Crippen LogP contribution in [0, 0.1) is 0 Å². The Balaban J connectivity index is 1.76. The third-order valence-corrected chi connectivity index (χ3v) is 4.17. The van der Waals surface area contributed by atoms with Crippen molar-refractivity contribution in [2.75, 3.05) is 20.2 Å². The molecule has 1 aliphatic rings. The van der Waals surface area contributed by atoms with Crippen molar-refractivity contribution in [3.63, 3.8) is 0 Å². The van der Waals surface area contributed by atoms with E-state index >= 15 is 0 Å². The van der Waals surface area contributed by atoms with Gasteiger partial charge in [-0.15, -0.1) is 0 Å². The molecule has 0 radical (unpaired) electrons. The van der Waals surface area contributed by atoms with Crippen LogP contribution in [0.5, 0.6) is 5.75 Å². The van der Waals surface area contributed by atoms with E-state index in [9.17, 15) is 4.79 Å². The number of H-pyrrole nitrogens is 1. The number of thiol groups is 1. The number of aromatic amines is 1. The number of nitrogens with one attached hydrogen (secondary N) is 1. The maximum Gasteiger partial charge on any atom is 0.223 e. The van der Waals surface area contributed by atoms with Gasteiger partial charge in [-0.05, 0) is 30.2 Å². The first-order chi connectivity index (χ1) is 9.67. The second kappa shape index (κ2) is 5.40. The molecule has 0 bridgehead atoms. The lowest BCUT2D eigenvalue weighted by Gasteiger charge is -2.15. The number of nitrogens with zero attached hydrogens (tertiary/aromatic N) is 1. The largest absolute Gasteiger partial charge is 0.497 e. The van der Waals surface area contributed by atoms with Crippen molar-refractivity contribution in [3.8, 4) is 5.75 Å². The molecule has 2 aromatic rings. The summed E-state index contributed by atoms with van der Waals surface area (Å²) in [6.45, 7) is 1.51. The molecule has 106 valence electrons. The fourth-order valence-electron chi connectivity index (χ4n) is 2.71. The molecule has 1 saturated heterocycles. The smallest absolute Gasteiger partial charge is 0.223 e. The predicted molar refractivity (Wildman–Crippen MR) is 82.5 cm³/mol. The van der Waals surface area contributed by atoms with Crippen LogP contribution < -0.4 is 4.74 Å². The van der Waals surface area contributed by atoms with Gasteiger partial charge in [-0.2, -0.15) is 12.6 Å². The monoisotopic (exact) mass is 290 g/mol. The van der Waals surface area contributed by atoms with Crippen LogP contribution in [-0.4, -0.2) is 41.2 Å². The number of benzene rings is 1. The van der Waals surface area contributed by atoms with Crippen LogP contribution in [0.3, 0.4) is 0 Å².